The second-order valence-corrected chi connectivity index (χ2v) is 2.75. The maximum absolute atomic E-state index is 10.7. The van der Waals surface area contributed by atoms with Gasteiger partial charge in [0.2, 0.25) is 0 Å². The third-order valence-electron chi connectivity index (χ3n) is 1.67. The largest absolute Gasteiger partial charge is 0.336 e. The number of rotatable bonds is 6. The monoisotopic (exact) mass is 169 g/mol. The van der Waals surface area contributed by atoms with Crippen molar-refractivity contribution in [1.82, 2.24) is 10.6 Å². The smallest absolute Gasteiger partial charge is 0.320 e. The molecule has 0 heterocycles. The highest BCUT2D eigenvalue weighted by Crippen LogP contribution is 1.98. The van der Waals surface area contributed by atoms with Crippen LogP contribution in [0.3, 0.4) is 0 Å². The fourth-order valence-electron chi connectivity index (χ4n) is 0.984. The van der Waals surface area contributed by atoms with Crippen LogP contribution in [0.15, 0.2) is 12.7 Å². The van der Waals surface area contributed by atoms with Crippen molar-refractivity contribution in [2.24, 2.45) is 0 Å². The van der Waals surface area contributed by atoms with Crippen LogP contribution in [0.2, 0.25) is 0 Å². The molecular formula is C9H17N2O. The second-order valence-electron chi connectivity index (χ2n) is 2.75. The van der Waals surface area contributed by atoms with Crippen molar-refractivity contribution < 1.29 is 4.79 Å². The molecule has 0 aromatic heterocycles. The highest BCUT2D eigenvalue weighted by atomic mass is 16.2. The standard InChI is InChI=1S/C9H17N2O/c1-3-5-6-8-11(7-4-2)9(10)12/h4,10H,2-3,5-8H2,1H3. The van der Waals surface area contributed by atoms with Crippen LogP contribution in [0.1, 0.15) is 26.2 Å². The first kappa shape index (κ1) is 11.0. The Balaban J connectivity index is 3.63. The van der Waals surface area contributed by atoms with Crippen molar-refractivity contribution in [1.29, 1.82) is 0 Å². The molecule has 0 aliphatic heterocycles. The molecule has 0 spiro atoms. The fourth-order valence-corrected chi connectivity index (χ4v) is 0.984. The zero-order valence-corrected chi connectivity index (χ0v) is 7.68. The van der Waals surface area contributed by atoms with E-state index in [1.54, 1.807) is 6.08 Å². The summed E-state index contributed by atoms with van der Waals surface area (Å²) in [7, 11) is 0. The number of hydrogen-bond acceptors (Lipinski definition) is 1. The number of amides is 2. The minimum Gasteiger partial charge on any atom is -0.320 e. The van der Waals surface area contributed by atoms with Gasteiger partial charge in [0, 0.05) is 13.1 Å². The van der Waals surface area contributed by atoms with E-state index in [0.29, 0.717) is 13.1 Å². The van der Waals surface area contributed by atoms with Gasteiger partial charge in [-0.3, -0.25) is 0 Å². The van der Waals surface area contributed by atoms with Gasteiger partial charge in [0.1, 0.15) is 0 Å². The Morgan fingerprint density at radius 3 is 2.67 bits per heavy atom. The van der Waals surface area contributed by atoms with Gasteiger partial charge in [0.25, 0.3) is 0 Å². The van der Waals surface area contributed by atoms with Crippen molar-refractivity contribution in [2.45, 2.75) is 26.2 Å². The Morgan fingerprint density at radius 1 is 1.58 bits per heavy atom. The predicted molar refractivity (Wildman–Crippen MR) is 49.8 cm³/mol. The molecule has 12 heavy (non-hydrogen) atoms. The lowest BCUT2D eigenvalue weighted by atomic mass is 10.2. The van der Waals surface area contributed by atoms with Crippen LogP contribution < -0.4 is 5.73 Å². The first-order chi connectivity index (χ1) is 5.72. The first-order valence-electron chi connectivity index (χ1n) is 4.33. The lowest BCUT2D eigenvalue weighted by Crippen LogP contribution is -2.31. The Bertz CT molecular complexity index is 145. The van der Waals surface area contributed by atoms with Crippen LogP contribution in [0.5, 0.6) is 0 Å². The van der Waals surface area contributed by atoms with E-state index in [4.69, 9.17) is 5.73 Å². The molecule has 0 unspecified atom stereocenters. The van der Waals surface area contributed by atoms with Crippen molar-refractivity contribution in [2.75, 3.05) is 13.1 Å². The summed E-state index contributed by atoms with van der Waals surface area (Å²) in [5.41, 5.74) is 6.91. The maximum atomic E-state index is 10.7. The van der Waals surface area contributed by atoms with Gasteiger partial charge >= 0.3 is 6.03 Å². The van der Waals surface area contributed by atoms with Crippen molar-refractivity contribution in [3.63, 3.8) is 0 Å². The van der Waals surface area contributed by atoms with Gasteiger partial charge in [-0.05, 0) is 6.42 Å². The van der Waals surface area contributed by atoms with Crippen molar-refractivity contribution in [3.05, 3.63) is 12.7 Å². The van der Waals surface area contributed by atoms with Gasteiger partial charge in [-0.1, -0.05) is 25.8 Å². The third kappa shape index (κ3) is 4.77. The molecule has 0 rings (SSSR count). The molecule has 0 saturated carbocycles. The van der Waals surface area contributed by atoms with Crippen LogP contribution in [0.25, 0.3) is 0 Å². The van der Waals surface area contributed by atoms with E-state index in [-0.39, 0.29) is 0 Å². The summed E-state index contributed by atoms with van der Waals surface area (Å²) >= 11 is 0. The lowest BCUT2D eigenvalue weighted by molar-refractivity contribution is 0.210. The van der Waals surface area contributed by atoms with Gasteiger partial charge in [-0.2, -0.15) is 0 Å². The molecule has 0 bridgehead atoms. The molecule has 1 radical (unpaired) electrons. The summed E-state index contributed by atoms with van der Waals surface area (Å²) in [4.78, 5) is 12.2. The zero-order chi connectivity index (χ0) is 9.40. The minimum absolute atomic E-state index is 0.492. The van der Waals surface area contributed by atoms with E-state index in [9.17, 15) is 4.79 Å². The van der Waals surface area contributed by atoms with Crippen LogP contribution in [-0.4, -0.2) is 24.0 Å². The normalized spacial score (nSPS) is 9.42. The predicted octanol–water partition coefficient (Wildman–Crippen LogP) is 2.07. The SMILES string of the molecule is C=CCN(CCCCC)C([NH])=O. The van der Waals surface area contributed by atoms with Gasteiger partial charge in [-0.25, -0.2) is 10.5 Å². The number of urea groups is 1. The van der Waals surface area contributed by atoms with E-state index in [1.807, 2.05) is 0 Å². The Kier molecular flexibility index (Phi) is 6.15. The number of carbonyl (C=O) groups excluding carboxylic acids is 1. The van der Waals surface area contributed by atoms with Gasteiger partial charge < -0.3 is 4.90 Å². The van der Waals surface area contributed by atoms with Gasteiger partial charge in [0.15, 0.2) is 0 Å². The molecule has 3 heteroatoms. The molecule has 3 nitrogen and oxygen atoms in total. The van der Waals surface area contributed by atoms with E-state index in [1.165, 1.54) is 4.90 Å². The number of carbonyl (C=O) groups is 1. The van der Waals surface area contributed by atoms with Crippen molar-refractivity contribution in [3.8, 4) is 0 Å². The Morgan fingerprint density at radius 2 is 2.25 bits per heavy atom. The molecule has 0 aliphatic carbocycles. The minimum atomic E-state index is -0.606. The quantitative estimate of drug-likeness (QED) is 0.443. The number of unbranched alkanes of at least 4 members (excludes halogenated alkanes) is 2. The highest BCUT2D eigenvalue weighted by Gasteiger charge is 2.06. The van der Waals surface area contributed by atoms with Gasteiger partial charge in [0.05, 0.1) is 0 Å². The number of nitrogens with one attached hydrogen (secondary N) is 1. The summed E-state index contributed by atoms with van der Waals surface area (Å²) in [5.74, 6) is 0. The van der Waals surface area contributed by atoms with E-state index < -0.39 is 6.03 Å². The average Bonchev–Trinajstić information content (AvgIpc) is 2.03. The zero-order valence-electron chi connectivity index (χ0n) is 7.68. The summed E-state index contributed by atoms with van der Waals surface area (Å²) in [6.45, 7) is 6.82. The van der Waals surface area contributed by atoms with E-state index in [0.717, 1.165) is 19.3 Å². The molecule has 0 atom stereocenters. The summed E-state index contributed by atoms with van der Waals surface area (Å²) in [6, 6.07) is -0.606. The van der Waals surface area contributed by atoms with Crippen LogP contribution in [-0.2, 0) is 0 Å². The Hall–Kier alpha value is -0.990. The topological polar surface area (TPSA) is 44.1 Å². The van der Waals surface area contributed by atoms with Crippen LogP contribution in [0.4, 0.5) is 4.79 Å². The average molecular weight is 169 g/mol. The van der Waals surface area contributed by atoms with Gasteiger partial charge in [-0.15, -0.1) is 6.58 Å². The second kappa shape index (κ2) is 6.70. The molecule has 0 aromatic carbocycles. The molecule has 2 amide bonds. The lowest BCUT2D eigenvalue weighted by Gasteiger charge is -2.16. The highest BCUT2D eigenvalue weighted by molar-refractivity contribution is 5.71. The summed E-state index contributed by atoms with van der Waals surface area (Å²) < 4.78 is 0. The molecule has 1 N–H and O–H groups in total. The fraction of sp³-hybridized carbons (Fsp3) is 0.667. The molecular weight excluding hydrogens is 152 g/mol. The first-order valence-corrected chi connectivity index (χ1v) is 4.33. The Labute approximate surface area is 74.2 Å². The number of nitrogens with zero attached hydrogens (tertiary/aromatic N) is 1. The number of hydrogen-bond donors (Lipinski definition) is 0. The van der Waals surface area contributed by atoms with Crippen LogP contribution >= 0.6 is 0 Å². The molecule has 69 valence electrons. The molecule has 0 aromatic rings. The third-order valence-corrected chi connectivity index (χ3v) is 1.67. The van der Waals surface area contributed by atoms with E-state index >= 15 is 0 Å². The van der Waals surface area contributed by atoms with E-state index in [2.05, 4.69) is 13.5 Å². The molecule has 0 fully saturated rings. The molecule has 0 aliphatic rings. The van der Waals surface area contributed by atoms with Crippen LogP contribution in [0, 0.1) is 0 Å². The van der Waals surface area contributed by atoms with Crippen molar-refractivity contribution >= 4 is 6.03 Å². The summed E-state index contributed by atoms with van der Waals surface area (Å²) in [5, 5.41) is 0. The molecule has 0 saturated heterocycles. The maximum Gasteiger partial charge on any atom is 0.336 e. The summed E-state index contributed by atoms with van der Waals surface area (Å²) in [6.07, 6.45) is 4.88.